The Morgan fingerprint density at radius 3 is 2.20 bits per heavy atom. The maximum atomic E-state index is 9.23. The van der Waals surface area contributed by atoms with Gasteiger partial charge in [-0.05, 0) is 13.3 Å². The third-order valence-corrected chi connectivity index (χ3v) is 2.43. The average molecular weight is 211 g/mol. The first kappa shape index (κ1) is 10.4. The molecule has 0 radical (unpaired) electrons. The van der Waals surface area contributed by atoms with Crippen LogP contribution in [0.25, 0.3) is 0 Å². The number of halogens is 1. The fraction of sp³-hybridized carbons (Fsp3) is 1.00. The second-order valence-corrected chi connectivity index (χ2v) is 3.71. The van der Waals surface area contributed by atoms with Crippen molar-refractivity contribution in [1.29, 1.82) is 0 Å². The van der Waals surface area contributed by atoms with Gasteiger partial charge in [-0.2, -0.15) is 0 Å². The molecule has 0 aromatic rings. The maximum absolute atomic E-state index is 9.23. The minimum Gasteiger partial charge on any atom is -0.391 e. The molecular formula is C7H15BrO2. The third-order valence-electron chi connectivity index (χ3n) is 1.43. The molecule has 62 valence electrons. The van der Waals surface area contributed by atoms with Gasteiger partial charge in [-0.3, -0.25) is 0 Å². The summed E-state index contributed by atoms with van der Waals surface area (Å²) < 4.78 is 0. The van der Waals surface area contributed by atoms with Crippen LogP contribution >= 0.6 is 15.9 Å². The SMILES string of the molecule is CCCC(Br)C(O)C(C)O. The van der Waals surface area contributed by atoms with E-state index >= 15 is 0 Å². The molecule has 0 bridgehead atoms. The lowest BCUT2D eigenvalue weighted by atomic mass is 10.1. The summed E-state index contributed by atoms with van der Waals surface area (Å²) >= 11 is 3.29. The van der Waals surface area contributed by atoms with Gasteiger partial charge in [0.05, 0.1) is 12.2 Å². The third kappa shape index (κ3) is 3.54. The standard InChI is InChI=1S/C7H15BrO2/c1-3-4-6(8)7(10)5(2)9/h5-7,9-10H,3-4H2,1-2H3. The summed E-state index contributed by atoms with van der Waals surface area (Å²) in [6, 6.07) is 0. The lowest BCUT2D eigenvalue weighted by Gasteiger charge is -2.18. The van der Waals surface area contributed by atoms with E-state index in [-0.39, 0.29) is 4.83 Å². The molecule has 0 amide bonds. The molecule has 0 rings (SSSR count). The van der Waals surface area contributed by atoms with Gasteiger partial charge in [0.1, 0.15) is 0 Å². The summed E-state index contributed by atoms with van der Waals surface area (Å²) in [5, 5.41) is 18.2. The summed E-state index contributed by atoms with van der Waals surface area (Å²) in [6.45, 7) is 3.64. The van der Waals surface area contributed by atoms with E-state index in [1.165, 1.54) is 0 Å². The molecule has 3 heteroatoms. The van der Waals surface area contributed by atoms with Crippen LogP contribution in [-0.2, 0) is 0 Å². The van der Waals surface area contributed by atoms with Crippen molar-refractivity contribution in [2.75, 3.05) is 0 Å². The summed E-state index contributed by atoms with van der Waals surface area (Å²) in [5.41, 5.74) is 0. The summed E-state index contributed by atoms with van der Waals surface area (Å²) in [6.07, 6.45) is 0.627. The number of rotatable bonds is 4. The Kier molecular flexibility index (Phi) is 5.31. The van der Waals surface area contributed by atoms with E-state index < -0.39 is 12.2 Å². The summed E-state index contributed by atoms with van der Waals surface area (Å²) in [4.78, 5) is 0.0255. The fourth-order valence-electron chi connectivity index (χ4n) is 0.749. The van der Waals surface area contributed by atoms with E-state index in [1.807, 2.05) is 6.92 Å². The van der Waals surface area contributed by atoms with Crippen molar-refractivity contribution in [1.82, 2.24) is 0 Å². The molecule has 0 aromatic carbocycles. The smallest absolute Gasteiger partial charge is 0.0920 e. The number of aliphatic hydroxyl groups is 2. The first-order valence-electron chi connectivity index (χ1n) is 3.59. The quantitative estimate of drug-likeness (QED) is 0.688. The Bertz CT molecular complexity index is 85.7. The van der Waals surface area contributed by atoms with Crippen LogP contribution in [-0.4, -0.2) is 27.2 Å². The van der Waals surface area contributed by atoms with Gasteiger partial charge < -0.3 is 10.2 Å². The zero-order valence-electron chi connectivity index (χ0n) is 6.42. The van der Waals surface area contributed by atoms with Crippen LogP contribution in [0.3, 0.4) is 0 Å². The molecule has 0 aliphatic carbocycles. The van der Waals surface area contributed by atoms with Gasteiger partial charge in [0.2, 0.25) is 0 Å². The van der Waals surface area contributed by atoms with Crippen LogP contribution in [0, 0.1) is 0 Å². The lowest BCUT2D eigenvalue weighted by Crippen LogP contribution is -2.31. The molecular weight excluding hydrogens is 196 g/mol. The second kappa shape index (κ2) is 5.10. The molecule has 0 aliphatic heterocycles. The summed E-state index contributed by atoms with van der Waals surface area (Å²) in [7, 11) is 0. The van der Waals surface area contributed by atoms with Crippen LogP contribution < -0.4 is 0 Å². The Labute approximate surface area is 70.4 Å². The van der Waals surface area contributed by atoms with Crippen LogP contribution in [0.15, 0.2) is 0 Å². The van der Waals surface area contributed by atoms with E-state index in [2.05, 4.69) is 15.9 Å². The summed E-state index contributed by atoms with van der Waals surface area (Å²) in [5.74, 6) is 0. The Morgan fingerprint density at radius 2 is 1.90 bits per heavy atom. The van der Waals surface area contributed by atoms with Crippen molar-refractivity contribution in [2.24, 2.45) is 0 Å². The molecule has 3 atom stereocenters. The monoisotopic (exact) mass is 210 g/mol. The Balaban J connectivity index is 3.58. The van der Waals surface area contributed by atoms with Gasteiger partial charge >= 0.3 is 0 Å². The molecule has 0 fully saturated rings. The zero-order chi connectivity index (χ0) is 8.15. The van der Waals surface area contributed by atoms with Crippen LogP contribution in [0.5, 0.6) is 0 Å². The highest BCUT2D eigenvalue weighted by molar-refractivity contribution is 9.09. The predicted octanol–water partition coefficient (Wildman–Crippen LogP) is 1.29. The topological polar surface area (TPSA) is 40.5 Å². The normalized spacial score (nSPS) is 20.1. The van der Waals surface area contributed by atoms with Crippen LogP contribution in [0.4, 0.5) is 0 Å². The predicted molar refractivity (Wildman–Crippen MR) is 45.3 cm³/mol. The van der Waals surface area contributed by atoms with Gasteiger partial charge in [0.15, 0.2) is 0 Å². The van der Waals surface area contributed by atoms with Crippen molar-refractivity contribution < 1.29 is 10.2 Å². The Morgan fingerprint density at radius 1 is 1.40 bits per heavy atom. The van der Waals surface area contributed by atoms with E-state index in [0.717, 1.165) is 12.8 Å². The lowest BCUT2D eigenvalue weighted by molar-refractivity contribution is 0.0302. The van der Waals surface area contributed by atoms with Crippen LogP contribution in [0.2, 0.25) is 0 Å². The van der Waals surface area contributed by atoms with Gasteiger partial charge in [0.25, 0.3) is 0 Å². The Hall–Kier alpha value is 0.400. The first-order chi connectivity index (χ1) is 4.59. The number of aliphatic hydroxyl groups excluding tert-OH is 2. The zero-order valence-corrected chi connectivity index (χ0v) is 8.00. The van der Waals surface area contributed by atoms with Crippen molar-refractivity contribution in [2.45, 2.75) is 43.7 Å². The molecule has 10 heavy (non-hydrogen) atoms. The van der Waals surface area contributed by atoms with Crippen LogP contribution in [0.1, 0.15) is 26.7 Å². The molecule has 0 spiro atoms. The number of alkyl halides is 1. The van der Waals surface area contributed by atoms with E-state index in [0.29, 0.717) is 0 Å². The van der Waals surface area contributed by atoms with Crippen molar-refractivity contribution in [3.8, 4) is 0 Å². The van der Waals surface area contributed by atoms with Gasteiger partial charge in [-0.25, -0.2) is 0 Å². The van der Waals surface area contributed by atoms with Crippen molar-refractivity contribution in [3.05, 3.63) is 0 Å². The molecule has 0 aliphatic rings. The van der Waals surface area contributed by atoms with E-state index in [1.54, 1.807) is 6.92 Å². The number of hydrogen-bond donors (Lipinski definition) is 2. The maximum Gasteiger partial charge on any atom is 0.0920 e. The minimum absolute atomic E-state index is 0.0255. The molecule has 0 saturated heterocycles. The van der Waals surface area contributed by atoms with Gasteiger partial charge in [-0.15, -0.1) is 0 Å². The van der Waals surface area contributed by atoms with Crippen molar-refractivity contribution >= 4 is 15.9 Å². The van der Waals surface area contributed by atoms with E-state index in [9.17, 15) is 5.11 Å². The molecule has 2 N–H and O–H groups in total. The van der Waals surface area contributed by atoms with Gasteiger partial charge in [-0.1, -0.05) is 29.3 Å². The highest BCUT2D eigenvalue weighted by atomic mass is 79.9. The first-order valence-corrected chi connectivity index (χ1v) is 4.51. The molecule has 0 heterocycles. The number of hydrogen-bond acceptors (Lipinski definition) is 2. The largest absolute Gasteiger partial charge is 0.391 e. The van der Waals surface area contributed by atoms with Crippen molar-refractivity contribution in [3.63, 3.8) is 0 Å². The second-order valence-electron chi connectivity index (χ2n) is 2.54. The minimum atomic E-state index is -0.643. The molecule has 0 saturated carbocycles. The van der Waals surface area contributed by atoms with Gasteiger partial charge in [0, 0.05) is 4.83 Å². The fourth-order valence-corrected chi connectivity index (χ4v) is 1.65. The van der Waals surface area contributed by atoms with E-state index in [4.69, 9.17) is 5.11 Å². The molecule has 3 unspecified atom stereocenters. The molecule has 2 nitrogen and oxygen atoms in total. The highest BCUT2D eigenvalue weighted by Crippen LogP contribution is 2.14. The average Bonchev–Trinajstić information content (AvgIpc) is 1.87. The highest BCUT2D eigenvalue weighted by Gasteiger charge is 2.19. The molecule has 0 aromatic heterocycles.